The van der Waals surface area contributed by atoms with Crippen molar-refractivity contribution in [3.05, 3.63) is 59.7 Å². The number of nitrogens with zero attached hydrogens (tertiary/aromatic N) is 6. The number of amides is 1. The lowest BCUT2D eigenvalue weighted by Gasteiger charge is -2.36. The summed E-state index contributed by atoms with van der Waals surface area (Å²) in [5.74, 6) is -0.252. The van der Waals surface area contributed by atoms with Gasteiger partial charge in [-0.1, -0.05) is 11.6 Å². The largest absolute Gasteiger partial charge is 0.419 e. The number of halogens is 3. The minimum Gasteiger partial charge on any atom is -0.356 e. The standard InChI is InChI=1S/C20H20F3N7O2/c1-13-3-4-16(30-27-5-6-28-30)15(9-13)18(31)29-7-2-8-32-17(29)12-26-19-24-10-14(11-25-19)20(21,22)23/h3-6,9-11,17H,2,7-8,12H2,1H3,(H,24,25,26). The molecule has 1 unspecified atom stereocenters. The maximum Gasteiger partial charge on any atom is 0.419 e. The molecular formula is C20H20F3N7O2. The minimum atomic E-state index is -4.51. The summed E-state index contributed by atoms with van der Waals surface area (Å²) < 4.78 is 43.8. The molecule has 168 valence electrons. The van der Waals surface area contributed by atoms with E-state index in [0.717, 1.165) is 5.56 Å². The summed E-state index contributed by atoms with van der Waals surface area (Å²) in [7, 11) is 0. The van der Waals surface area contributed by atoms with Crippen molar-refractivity contribution in [3.8, 4) is 5.69 Å². The number of carbonyl (C=O) groups excluding carboxylic acids is 1. The van der Waals surface area contributed by atoms with Crippen LogP contribution in [0.2, 0.25) is 0 Å². The van der Waals surface area contributed by atoms with Crippen molar-refractivity contribution in [2.45, 2.75) is 25.7 Å². The van der Waals surface area contributed by atoms with Gasteiger partial charge in [-0.3, -0.25) is 4.79 Å². The van der Waals surface area contributed by atoms with Crippen molar-refractivity contribution in [2.24, 2.45) is 0 Å². The zero-order valence-corrected chi connectivity index (χ0v) is 17.1. The number of rotatable bonds is 5. The van der Waals surface area contributed by atoms with E-state index in [1.165, 1.54) is 17.2 Å². The maximum absolute atomic E-state index is 13.4. The molecule has 0 aliphatic carbocycles. The molecule has 1 N–H and O–H groups in total. The molecule has 3 heterocycles. The SMILES string of the molecule is Cc1ccc(-n2nccn2)c(C(=O)N2CCCOC2CNc2ncc(C(F)(F)F)cn2)c1. The van der Waals surface area contributed by atoms with Crippen molar-refractivity contribution in [1.29, 1.82) is 0 Å². The van der Waals surface area contributed by atoms with E-state index < -0.39 is 18.0 Å². The second-order valence-electron chi connectivity index (χ2n) is 7.19. The van der Waals surface area contributed by atoms with Gasteiger partial charge in [-0.15, -0.1) is 0 Å². The van der Waals surface area contributed by atoms with Crippen molar-refractivity contribution < 1.29 is 22.7 Å². The lowest BCUT2D eigenvalue weighted by atomic mass is 10.1. The van der Waals surface area contributed by atoms with Crippen molar-refractivity contribution >= 4 is 11.9 Å². The second kappa shape index (κ2) is 8.91. The summed E-state index contributed by atoms with van der Waals surface area (Å²) in [6, 6.07) is 5.40. The van der Waals surface area contributed by atoms with Crippen LogP contribution in [0.4, 0.5) is 19.1 Å². The quantitative estimate of drug-likeness (QED) is 0.642. The Morgan fingerprint density at radius 3 is 2.62 bits per heavy atom. The molecule has 1 aliphatic heterocycles. The summed E-state index contributed by atoms with van der Waals surface area (Å²) in [6.07, 6.45) is -0.0552. The van der Waals surface area contributed by atoms with Gasteiger partial charge in [-0.05, 0) is 25.5 Å². The number of hydrogen-bond acceptors (Lipinski definition) is 7. The third kappa shape index (κ3) is 4.69. The Balaban J connectivity index is 1.52. The number of aromatic nitrogens is 5. The van der Waals surface area contributed by atoms with E-state index in [1.807, 2.05) is 13.0 Å². The van der Waals surface area contributed by atoms with E-state index in [4.69, 9.17) is 4.74 Å². The van der Waals surface area contributed by atoms with Gasteiger partial charge in [0, 0.05) is 18.9 Å². The molecule has 1 fully saturated rings. The highest BCUT2D eigenvalue weighted by Crippen LogP contribution is 2.28. The van der Waals surface area contributed by atoms with Gasteiger partial charge < -0.3 is 15.0 Å². The van der Waals surface area contributed by atoms with Crippen molar-refractivity contribution in [2.75, 3.05) is 25.0 Å². The van der Waals surface area contributed by atoms with Crippen LogP contribution in [0, 0.1) is 6.92 Å². The Kier molecular flexibility index (Phi) is 6.04. The number of hydrogen-bond donors (Lipinski definition) is 1. The van der Waals surface area contributed by atoms with Crippen LogP contribution in [0.3, 0.4) is 0 Å². The van der Waals surface area contributed by atoms with Gasteiger partial charge >= 0.3 is 6.18 Å². The first kappa shape index (κ1) is 21.7. The molecule has 0 bridgehead atoms. The molecule has 2 aromatic heterocycles. The molecule has 1 saturated heterocycles. The fourth-order valence-corrected chi connectivity index (χ4v) is 3.32. The Morgan fingerprint density at radius 2 is 1.94 bits per heavy atom. The van der Waals surface area contributed by atoms with Gasteiger partial charge in [0.15, 0.2) is 0 Å². The maximum atomic E-state index is 13.4. The topological polar surface area (TPSA) is 98.1 Å². The van der Waals surface area contributed by atoms with E-state index in [1.54, 1.807) is 17.0 Å². The zero-order valence-electron chi connectivity index (χ0n) is 17.1. The third-order valence-electron chi connectivity index (χ3n) is 4.89. The first-order valence-electron chi connectivity index (χ1n) is 9.86. The predicted octanol–water partition coefficient (Wildman–Crippen LogP) is 2.69. The van der Waals surface area contributed by atoms with E-state index in [-0.39, 0.29) is 18.4 Å². The Hall–Kier alpha value is -3.54. The van der Waals surface area contributed by atoms with Crippen molar-refractivity contribution in [1.82, 2.24) is 29.9 Å². The lowest BCUT2D eigenvalue weighted by molar-refractivity contribution is -0.138. The van der Waals surface area contributed by atoms with Gasteiger partial charge in [0.05, 0.1) is 42.4 Å². The van der Waals surface area contributed by atoms with Gasteiger partial charge in [0.25, 0.3) is 5.91 Å². The van der Waals surface area contributed by atoms with Crippen LogP contribution in [0.1, 0.15) is 27.9 Å². The molecule has 1 aliphatic rings. The van der Waals surface area contributed by atoms with E-state index >= 15 is 0 Å². The molecule has 1 aromatic carbocycles. The first-order chi connectivity index (χ1) is 15.3. The smallest absolute Gasteiger partial charge is 0.356 e. The molecule has 1 amide bonds. The van der Waals surface area contributed by atoms with Gasteiger partial charge in [0.2, 0.25) is 5.95 Å². The molecule has 4 rings (SSSR count). The summed E-state index contributed by atoms with van der Waals surface area (Å²) in [5.41, 5.74) is 0.916. The summed E-state index contributed by atoms with van der Waals surface area (Å²) in [6.45, 7) is 2.90. The number of alkyl halides is 3. The highest BCUT2D eigenvalue weighted by molar-refractivity contribution is 5.98. The fraction of sp³-hybridized carbons (Fsp3) is 0.350. The number of carbonyl (C=O) groups is 1. The Morgan fingerprint density at radius 1 is 1.22 bits per heavy atom. The summed E-state index contributed by atoms with van der Waals surface area (Å²) in [5, 5.41) is 11.1. The van der Waals surface area contributed by atoms with Crippen LogP contribution < -0.4 is 5.32 Å². The van der Waals surface area contributed by atoms with Crippen LogP contribution >= 0.6 is 0 Å². The highest BCUT2D eigenvalue weighted by atomic mass is 19.4. The van der Waals surface area contributed by atoms with Crippen LogP contribution in [-0.4, -0.2) is 61.7 Å². The van der Waals surface area contributed by atoms with Crippen LogP contribution in [0.15, 0.2) is 43.0 Å². The predicted molar refractivity (Wildman–Crippen MR) is 107 cm³/mol. The van der Waals surface area contributed by atoms with E-state index in [0.29, 0.717) is 43.2 Å². The number of nitrogens with one attached hydrogen (secondary N) is 1. The van der Waals surface area contributed by atoms with E-state index in [9.17, 15) is 18.0 Å². The van der Waals surface area contributed by atoms with Gasteiger partial charge in [-0.2, -0.15) is 28.2 Å². The second-order valence-corrected chi connectivity index (χ2v) is 7.19. The van der Waals surface area contributed by atoms with Crippen LogP contribution in [0.5, 0.6) is 0 Å². The van der Waals surface area contributed by atoms with Gasteiger partial charge in [-0.25, -0.2) is 9.97 Å². The molecule has 1 atom stereocenters. The number of aryl methyl sites for hydroxylation is 1. The third-order valence-corrected chi connectivity index (χ3v) is 4.89. The molecule has 9 nitrogen and oxygen atoms in total. The average Bonchev–Trinajstić information content (AvgIpc) is 3.32. The molecule has 32 heavy (non-hydrogen) atoms. The molecular weight excluding hydrogens is 427 g/mol. The average molecular weight is 447 g/mol. The molecule has 12 heteroatoms. The van der Waals surface area contributed by atoms with Crippen LogP contribution in [-0.2, 0) is 10.9 Å². The highest BCUT2D eigenvalue weighted by Gasteiger charge is 2.32. The molecule has 0 radical (unpaired) electrons. The normalized spacial score (nSPS) is 16.8. The number of anilines is 1. The molecule has 3 aromatic rings. The van der Waals surface area contributed by atoms with Crippen LogP contribution in [0.25, 0.3) is 5.69 Å². The minimum absolute atomic E-state index is 0.0107. The summed E-state index contributed by atoms with van der Waals surface area (Å²) in [4.78, 5) is 23.8. The monoisotopic (exact) mass is 447 g/mol. The Labute approximate surface area is 181 Å². The zero-order chi connectivity index (χ0) is 22.7. The molecule has 0 spiro atoms. The fourth-order valence-electron chi connectivity index (χ4n) is 3.32. The molecule has 0 saturated carbocycles. The number of benzene rings is 1. The van der Waals surface area contributed by atoms with E-state index in [2.05, 4.69) is 25.5 Å². The Bertz CT molecular complexity index is 1070. The first-order valence-corrected chi connectivity index (χ1v) is 9.86. The van der Waals surface area contributed by atoms with Crippen molar-refractivity contribution in [3.63, 3.8) is 0 Å². The lowest BCUT2D eigenvalue weighted by Crippen LogP contribution is -2.50. The van der Waals surface area contributed by atoms with Gasteiger partial charge in [0.1, 0.15) is 6.23 Å². The number of ether oxygens (including phenoxy) is 1. The summed E-state index contributed by atoms with van der Waals surface area (Å²) >= 11 is 0.